The zero-order chi connectivity index (χ0) is 22.1. The molecule has 0 bridgehead atoms. The van der Waals surface area contributed by atoms with Crippen molar-refractivity contribution in [3.05, 3.63) is 71.9 Å². The number of nitrogens with zero attached hydrogens (tertiary/aromatic N) is 1. The summed E-state index contributed by atoms with van der Waals surface area (Å²) in [5.74, 6) is 2.34. The fourth-order valence-corrected chi connectivity index (χ4v) is 3.79. The molecule has 0 saturated heterocycles. The number of urea groups is 1. The third-order valence-corrected chi connectivity index (χ3v) is 5.45. The first kappa shape index (κ1) is 22.3. The van der Waals surface area contributed by atoms with E-state index < -0.39 is 0 Å². The van der Waals surface area contributed by atoms with Gasteiger partial charge in [0, 0.05) is 29.7 Å². The van der Waals surface area contributed by atoms with Gasteiger partial charge in [0.15, 0.2) is 11.5 Å². The van der Waals surface area contributed by atoms with E-state index in [0.717, 1.165) is 27.6 Å². The van der Waals surface area contributed by atoms with E-state index >= 15 is 0 Å². The summed E-state index contributed by atoms with van der Waals surface area (Å²) >= 11 is 1.64. The van der Waals surface area contributed by atoms with Gasteiger partial charge in [0.2, 0.25) is 5.75 Å². The Labute approximate surface area is 186 Å². The van der Waals surface area contributed by atoms with E-state index in [0.29, 0.717) is 17.2 Å². The Bertz CT molecular complexity index is 1010. The molecule has 8 heteroatoms. The molecule has 0 aliphatic heterocycles. The number of ether oxygens (including phenoxy) is 3. The summed E-state index contributed by atoms with van der Waals surface area (Å²) in [5, 5.41) is 6.67. The van der Waals surface area contributed by atoms with Crippen LogP contribution in [-0.2, 0) is 12.3 Å². The average Bonchev–Trinajstić information content (AvgIpc) is 2.81. The normalized spacial score (nSPS) is 10.3. The summed E-state index contributed by atoms with van der Waals surface area (Å²) in [5.41, 5.74) is 2.58. The lowest BCUT2D eigenvalue weighted by Gasteiger charge is -2.16. The molecule has 0 aliphatic rings. The van der Waals surface area contributed by atoms with Gasteiger partial charge in [0.1, 0.15) is 0 Å². The van der Waals surface area contributed by atoms with Crippen molar-refractivity contribution in [2.24, 2.45) is 0 Å². The fraction of sp³-hybridized carbons (Fsp3) is 0.217. The van der Waals surface area contributed by atoms with Gasteiger partial charge in [-0.15, -0.1) is 11.8 Å². The second-order valence-electron chi connectivity index (χ2n) is 6.46. The minimum atomic E-state index is -0.314. The lowest BCUT2D eigenvalue weighted by atomic mass is 10.1. The van der Waals surface area contributed by atoms with E-state index in [9.17, 15) is 4.79 Å². The van der Waals surface area contributed by atoms with E-state index in [-0.39, 0.29) is 12.6 Å². The van der Waals surface area contributed by atoms with E-state index in [4.69, 9.17) is 14.2 Å². The third kappa shape index (κ3) is 6.05. The summed E-state index contributed by atoms with van der Waals surface area (Å²) in [7, 11) is 4.66. The highest BCUT2D eigenvalue weighted by Gasteiger charge is 2.16. The first-order valence-corrected chi connectivity index (χ1v) is 10.6. The predicted octanol–water partition coefficient (Wildman–Crippen LogP) is 4.72. The Morgan fingerprint density at radius 2 is 1.81 bits per heavy atom. The number of thioether (sulfide) groups is 1. The average molecular weight is 440 g/mol. The molecule has 7 nitrogen and oxygen atoms in total. The van der Waals surface area contributed by atoms with Crippen molar-refractivity contribution in [3.8, 4) is 17.2 Å². The molecule has 162 valence electrons. The minimum Gasteiger partial charge on any atom is -0.493 e. The Morgan fingerprint density at radius 3 is 2.52 bits per heavy atom. The molecule has 2 amide bonds. The molecule has 0 spiro atoms. The Morgan fingerprint density at radius 1 is 0.968 bits per heavy atom. The highest BCUT2D eigenvalue weighted by molar-refractivity contribution is 7.98. The van der Waals surface area contributed by atoms with E-state index in [1.165, 1.54) is 0 Å². The number of anilines is 1. The number of methoxy groups -OCH3 is 3. The van der Waals surface area contributed by atoms with Crippen LogP contribution in [0.4, 0.5) is 10.5 Å². The second kappa shape index (κ2) is 11.1. The van der Waals surface area contributed by atoms with Gasteiger partial charge in [-0.25, -0.2) is 9.78 Å². The van der Waals surface area contributed by atoms with Crippen molar-refractivity contribution in [1.29, 1.82) is 0 Å². The van der Waals surface area contributed by atoms with Gasteiger partial charge in [0.25, 0.3) is 0 Å². The summed E-state index contributed by atoms with van der Waals surface area (Å²) in [6.07, 6.45) is 1.78. The zero-order valence-electron chi connectivity index (χ0n) is 17.7. The molecule has 2 N–H and O–H groups in total. The van der Waals surface area contributed by atoms with Gasteiger partial charge in [-0.3, -0.25) is 0 Å². The Balaban J connectivity index is 1.59. The van der Waals surface area contributed by atoms with Crippen LogP contribution in [-0.4, -0.2) is 32.3 Å². The molecule has 2 aromatic carbocycles. The molecule has 0 atom stereocenters. The number of pyridine rings is 1. The molecule has 3 aromatic rings. The monoisotopic (exact) mass is 439 g/mol. The number of hydrogen-bond acceptors (Lipinski definition) is 6. The largest absolute Gasteiger partial charge is 0.493 e. The van der Waals surface area contributed by atoms with Gasteiger partial charge in [-0.05, 0) is 42.0 Å². The number of benzene rings is 2. The molecule has 3 rings (SSSR count). The number of amides is 2. The molecule has 1 heterocycles. The predicted molar refractivity (Wildman–Crippen MR) is 122 cm³/mol. The fourth-order valence-electron chi connectivity index (χ4n) is 2.98. The Hall–Kier alpha value is -3.39. The molecule has 0 aliphatic carbocycles. The molecule has 1 aromatic heterocycles. The highest BCUT2D eigenvalue weighted by Crippen LogP contribution is 2.39. The number of carbonyl (C=O) groups is 1. The molecular weight excluding hydrogens is 414 g/mol. The van der Waals surface area contributed by atoms with Crippen LogP contribution in [0.1, 0.15) is 11.1 Å². The maximum atomic E-state index is 12.4. The van der Waals surface area contributed by atoms with Gasteiger partial charge < -0.3 is 24.8 Å². The van der Waals surface area contributed by atoms with Crippen LogP contribution < -0.4 is 24.8 Å². The molecule has 0 unspecified atom stereocenters. The van der Waals surface area contributed by atoms with Crippen molar-refractivity contribution >= 4 is 23.5 Å². The lowest BCUT2D eigenvalue weighted by Crippen LogP contribution is -2.28. The van der Waals surface area contributed by atoms with Gasteiger partial charge in [-0.2, -0.15) is 0 Å². The maximum absolute atomic E-state index is 12.4. The van der Waals surface area contributed by atoms with Crippen LogP contribution in [0.25, 0.3) is 0 Å². The van der Waals surface area contributed by atoms with Crippen LogP contribution in [0, 0.1) is 0 Å². The van der Waals surface area contributed by atoms with E-state index in [2.05, 4.69) is 15.6 Å². The topological polar surface area (TPSA) is 81.7 Å². The van der Waals surface area contributed by atoms with Crippen molar-refractivity contribution < 1.29 is 19.0 Å². The van der Waals surface area contributed by atoms with Gasteiger partial charge in [-0.1, -0.05) is 18.2 Å². The lowest BCUT2D eigenvalue weighted by molar-refractivity contribution is 0.251. The number of hydrogen-bond donors (Lipinski definition) is 2. The number of aromatic nitrogens is 1. The number of carbonyl (C=O) groups excluding carboxylic acids is 1. The standard InChI is InChI=1S/C23H25N3O4S/c1-28-19-11-10-17(21(29-2)22(19)30-3)14-25-23(27)26-18-8-6-7-16(13-18)15-31-20-9-4-5-12-24-20/h4-13H,14-15H2,1-3H3,(H2,25,26,27). The second-order valence-corrected chi connectivity index (χ2v) is 7.45. The molecule has 0 saturated carbocycles. The van der Waals surface area contributed by atoms with E-state index in [1.807, 2.05) is 48.5 Å². The minimum absolute atomic E-state index is 0.268. The summed E-state index contributed by atoms with van der Waals surface area (Å²) in [6.45, 7) is 0.268. The quantitative estimate of drug-likeness (QED) is 0.470. The van der Waals surface area contributed by atoms with Crippen molar-refractivity contribution in [2.75, 3.05) is 26.6 Å². The highest BCUT2D eigenvalue weighted by atomic mass is 32.2. The van der Waals surface area contributed by atoms with Crippen LogP contribution >= 0.6 is 11.8 Å². The SMILES string of the molecule is COc1ccc(CNC(=O)Nc2cccc(CSc3ccccn3)c2)c(OC)c1OC. The first-order chi connectivity index (χ1) is 15.1. The van der Waals surface area contributed by atoms with Crippen molar-refractivity contribution in [3.63, 3.8) is 0 Å². The summed E-state index contributed by atoms with van der Waals surface area (Å²) in [6, 6.07) is 16.9. The van der Waals surface area contributed by atoms with E-state index in [1.54, 1.807) is 45.4 Å². The van der Waals surface area contributed by atoms with Crippen molar-refractivity contribution in [2.45, 2.75) is 17.3 Å². The maximum Gasteiger partial charge on any atom is 0.319 e. The van der Waals surface area contributed by atoms with Crippen LogP contribution in [0.5, 0.6) is 17.2 Å². The van der Waals surface area contributed by atoms with Crippen molar-refractivity contribution in [1.82, 2.24) is 10.3 Å². The zero-order valence-corrected chi connectivity index (χ0v) is 18.5. The smallest absolute Gasteiger partial charge is 0.319 e. The molecule has 0 radical (unpaired) electrons. The van der Waals surface area contributed by atoms with Gasteiger partial charge in [0.05, 0.1) is 26.4 Å². The molecule has 31 heavy (non-hydrogen) atoms. The number of nitrogens with one attached hydrogen (secondary N) is 2. The third-order valence-electron chi connectivity index (χ3n) is 4.43. The van der Waals surface area contributed by atoms with Crippen LogP contribution in [0.2, 0.25) is 0 Å². The van der Waals surface area contributed by atoms with Crippen LogP contribution in [0.15, 0.2) is 65.8 Å². The Kier molecular flexibility index (Phi) is 8.00. The van der Waals surface area contributed by atoms with Gasteiger partial charge >= 0.3 is 6.03 Å². The molecular formula is C23H25N3O4S. The first-order valence-electron chi connectivity index (χ1n) is 9.60. The summed E-state index contributed by atoms with van der Waals surface area (Å²) in [4.78, 5) is 16.7. The number of rotatable bonds is 9. The molecule has 0 fully saturated rings. The van der Waals surface area contributed by atoms with Crippen LogP contribution in [0.3, 0.4) is 0 Å². The summed E-state index contributed by atoms with van der Waals surface area (Å²) < 4.78 is 16.1.